The van der Waals surface area contributed by atoms with Gasteiger partial charge >= 0.3 is 5.97 Å². The maximum absolute atomic E-state index is 12.2. The number of benzene rings is 1. The third-order valence-electron chi connectivity index (χ3n) is 3.18. The number of carbonyl (C=O) groups excluding carboxylic acids is 2. The van der Waals surface area contributed by atoms with Crippen LogP contribution in [0.25, 0.3) is 0 Å². The van der Waals surface area contributed by atoms with Gasteiger partial charge in [-0.3, -0.25) is 14.6 Å². The summed E-state index contributed by atoms with van der Waals surface area (Å²) < 4.78 is 4.69. The van der Waals surface area contributed by atoms with Crippen LogP contribution >= 0.6 is 0 Å². The van der Waals surface area contributed by atoms with Gasteiger partial charge in [-0.25, -0.2) is 4.98 Å². The highest BCUT2D eigenvalue weighted by molar-refractivity contribution is 5.92. The first-order valence-corrected chi connectivity index (χ1v) is 6.80. The maximum Gasteiger partial charge on any atom is 0.307 e. The van der Waals surface area contributed by atoms with Crippen molar-refractivity contribution in [3.8, 4) is 0 Å². The van der Waals surface area contributed by atoms with Crippen molar-refractivity contribution >= 4 is 11.9 Å². The van der Waals surface area contributed by atoms with Crippen molar-refractivity contribution < 1.29 is 14.3 Å². The van der Waals surface area contributed by atoms with Crippen LogP contribution in [-0.4, -0.2) is 29.0 Å². The first kappa shape index (κ1) is 15.6. The SMILES string of the molecule is COC(=O)CC(NC(=O)c1cnccn1)c1ccc(C)cc1. The Morgan fingerprint density at radius 2 is 1.95 bits per heavy atom. The summed E-state index contributed by atoms with van der Waals surface area (Å²) in [5.74, 6) is -0.785. The molecule has 2 rings (SSSR count). The van der Waals surface area contributed by atoms with Crippen molar-refractivity contribution in [1.82, 2.24) is 15.3 Å². The summed E-state index contributed by atoms with van der Waals surface area (Å²) in [6, 6.07) is 7.12. The van der Waals surface area contributed by atoms with Crippen LogP contribution in [0.15, 0.2) is 42.9 Å². The summed E-state index contributed by atoms with van der Waals surface area (Å²) in [5.41, 5.74) is 2.12. The van der Waals surface area contributed by atoms with Crippen LogP contribution in [0.1, 0.15) is 34.1 Å². The summed E-state index contributed by atoms with van der Waals surface area (Å²) in [6.45, 7) is 1.97. The fraction of sp³-hybridized carbons (Fsp3) is 0.250. The van der Waals surface area contributed by atoms with Gasteiger partial charge in [0.25, 0.3) is 5.91 Å². The summed E-state index contributed by atoms with van der Waals surface area (Å²) >= 11 is 0. The smallest absolute Gasteiger partial charge is 0.307 e. The predicted molar refractivity (Wildman–Crippen MR) is 80.1 cm³/mol. The minimum Gasteiger partial charge on any atom is -0.469 e. The van der Waals surface area contributed by atoms with Crippen LogP contribution < -0.4 is 5.32 Å². The van der Waals surface area contributed by atoms with E-state index < -0.39 is 12.0 Å². The Kier molecular flexibility index (Phi) is 5.19. The number of nitrogens with zero attached hydrogens (tertiary/aromatic N) is 2. The van der Waals surface area contributed by atoms with E-state index >= 15 is 0 Å². The van der Waals surface area contributed by atoms with Gasteiger partial charge in [0, 0.05) is 12.4 Å². The number of ether oxygens (including phenoxy) is 1. The molecule has 0 fully saturated rings. The molecule has 2 aromatic rings. The average Bonchev–Trinajstić information content (AvgIpc) is 2.55. The molecule has 6 heteroatoms. The fourth-order valence-electron chi connectivity index (χ4n) is 1.95. The maximum atomic E-state index is 12.2. The van der Waals surface area contributed by atoms with Crippen LogP contribution in [0.3, 0.4) is 0 Å². The van der Waals surface area contributed by atoms with E-state index in [1.165, 1.54) is 25.7 Å². The van der Waals surface area contributed by atoms with Crippen molar-refractivity contribution in [3.63, 3.8) is 0 Å². The van der Waals surface area contributed by atoms with E-state index in [4.69, 9.17) is 4.74 Å². The molecule has 0 radical (unpaired) electrons. The lowest BCUT2D eigenvalue weighted by Gasteiger charge is -2.18. The molecule has 0 bridgehead atoms. The van der Waals surface area contributed by atoms with E-state index in [2.05, 4.69) is 15.3 Å². The molecule has 1 N–H and O–H groups in total. The van der Waals surface area contributed by atoms with E-state index in [1.807, 2.05) is 31.2 Å². The van der Waals surface area contributed by atoms with E-state index in [0.29, 0.717) is 0 Å². The number of hydrogen-bond acceptors (Lipinski definition) is 5. The Bertz CT molecular complexity index is 641. The number of nitrogens with one attached hydrogen (secondary N) is 1. The Morgan fingerprint density at radius 3 is 2.55 bits per heavy atom. The largest absolute Gasteiger partial charge is 0.469 e. The second kappa shape index (κ2) is 7.31. The molecule has 1 amide bonds. The van der Waals surface area contributed by atoms with Crippen LogP contribution in [0.5, 0.6) is 0 Å². The summed E-state index contributed by atoms with van der Waals surface area (Å²) in [6.07, 6.45) is 4.35. The lowest BCUT2D eigenvalue weighted by atomic mass is 10.0. The number of aromatic nitrogens is 2. The highest BCUT2D eigenvalue weighted by atomic mass is 16.5. The van der Waals surface area contributed by atoms with E-state index in [1.54, 1.807) is 0 Å². The normalized spacial score (nSPS) is 11.5. The molecule has 22 heavy (non-hydrogen) atoms. The molecule has 0 aliphatic rings. The van der Waals surface area contributed by atoms with E-state index in [-0.39, 0.29) is 18.0 Å². The van der Waals surface area contributed by atoms with Crippen molar-refractivity contribution in [2.75, 3.05) is 7.11 Å². The molecule has 0 saturated heterocycles. The van der Waals surface area contributed by atoms with Crippen LogP contribution in [-0.2, 0) is 9.53 Å². The number of hydrogen-bond donors (Lipinski definition) is 1. The van der Waals surface area contributed by atoms with Gasteiger partial charge in [0.05, 0.1) is 25.8 Å². The lowest BCUT2D eigenvalue weighted by molar-refractivity contribution is -0.141. The van der Waals surface area contributed by atoms with Gasteiger partial charge in [0.15, 0.2) is 0 Å². The van der Waals surface area contributed by atoms with Gasteiger partial charge in [-0.2, -0.15) is 0 Å². The first-order valence-electron chi connectivity index (χ1n) is 6.80. The quantitative estimate of drug-likeness (QED) is 0.852. The molecule has 0 spiro atoms. The standard InChI is InChI=1S/C16H17N3O3/c1-11-3-5-12(6-4-11)13(9-15(20)22-2)19-16(21)14-10-17-7-8-18-14/h3-8,10,13H,9H2,1-2H3,(H,19,21). The number of aryl methyl sites for hydroxylation is 1. The molecule has 0 aliphatic carbocycles. The molecule has 1 heterocycles. The zero-order chi connectivity index (χ0) is 15.9. The van der Waals surface area contributed by atoms with Gasteiger partial charge < -0.3 is 10.1 Å². The second-order valence-electron chi connectivity index (χ2n) is 4.81. The van der Waals surface area contributed by atoms with Crippen molar-refractivity contribution in [1.29, 1.82) is 0 Å². The van der Waals surface area contributed by atoms with Crippen LogP contribution in [0, 0.1) is 6.92 Å². The lowest BCUT2D eigenvalue weighted by Crippen LogP contribution is -2.31. The zero-order valence-electron chi connectivity index (χ0n) is 12.4. The fourth-order valence-corrected chi connectivity index (χ4v) is 1.95. The van der Waals surface area contributed by atoms with E-state index in [9.17, 15) is 9.59 Å². The molecule has 0 saturated carbocycles. The third-order valence-corrected chi connectivity index (χ3v) is 3.18. The molecule has 6 nitrogen and oxygen atoms in total. The molecule has 1 aromatic carbocycles. The molecular formula is C16H17N3O3. The Balaban J connectivity index is 2.19. The van der Waals surface area contributed by atoms with Crippen molar-refractivity contribution in [2.45, 2.75) is 19.4 Å². The van der Waals surface area contributed by atoms with Gasteiger partial charge in [0.2, 0.25) is 0 Å². The summed E-state index contributed by atoms with van der Waals surface area (Å²) in [7, 11) is 1.32. The van der Waals surface area contributed by atoms with Crippen molar-refractivity contribution in [2.24, 2.45) is 0 Å². The molecule has 114 valence electrons. The second-order valence-corrected chi connectivity index (χ2v) is 4.81. The minimum absolute atomic E-state index is 0.0472. The Hall–Kier alpha value is -2.76. The van der Waals surface area contributed by atoms with Crippen LogP contribution in [0.4, 0.5) is 0 Å². The molecule has 1 aromatic heterocycles. The van der Waals surface area contributed by atoms with Gasteiger partial charge in [-0.15, -0.1) is 0 Å². The molecule has 1 unspecified atom stereocenters. The topological polar surface area (TPSA) is 81.2 Å². The van der Waals surface area contributed by atoms with E-state index in [0.717, 1.165) is 11.1 Å². The number of methoxy groups -OCH3 is 1. The number of esters is 1. The third kappa shape index (κ3) is 4.12. The Morgan fingerprint density at radius 1 is 1.23 bits per heavy atom. The first-order chi connectivity index (χ1) is 10.6. The van der Waals surface area contributed by atoms with Crippen LogP contribution in [0.2, 0.25) is 0 Å². The monoisotopic (exact) mass is 299 g/mol. The van der Waals surface area contributed by atoms with Gasteiger partial charge in [-0.05, 0) is 12.5 Å². The average molecular weight is 299 g/mol. The molecule has 1 atom stereocenters. The molecule has 0 aliphatic heterocycles. The number of amides is 1. The predicted octanol–water partition coefficient (Wildman–Crippen LogP) is 1.82. The van der Waals surface area contributed by atoms with Crippen molar-refractivity contribution in [3.05, 3.63) is 59.7 Å². The van der Waals surface area contributed by atoms with Gasteiger partial charge in [-0.1, -0.05) is 29.8 Å². The number of carbonyl (C=O) groups is 2. The molecular weight excluding hydrogens is 282 g/mol. The Labute approximate surface area is 128 Å². The summed E-state index contributed by atoms with van der Waals surface area (Å²) in [4.78, 5) is 31.6. The highest BCUT2D eigenvalue weighted by Gasteiger charge is 2.20. The summed E-state index contributed by atoms with van der Waals surface area (Å²) in [5, 5.41) is 2.79. The minimum atomic E-state index is -0.484. The van der Waals surface area contributed by atoms with Gasteiger partial charge in [0.1, 0.15) is 5.69 Å². The zero-order valence-corrected chi connectivity index (χ0v) is 12.4. The highest BCUT2D eigenvalue weighted by Crippen LogP contribution is 2.18. The number of rotatable bonds is 5.